The Morgan fingerprint density at radius 2 is 1.96 bits per heavy atom. The molecule has 23 heavy (non-hydrogen) atoms. The number of fused-ring (bicyclic) bond motifs is 1. The van der Waals surface area contributed by atoms with Crippen LogP contribution in [0.25, 0.3) is 6.08 Å². The van der Waals surface area contributed by atoms with Crippen molar-refractivity contribution in [3.8, 4) is 17.6 Å². The number of benzene rings is 2. The fourth-order valence-electron chi connectivity index (χ4n) is 2.67. The van der Waals surface area contributed by atoms with Gasteiger partial charge in [-0.3, -0.25) is 0 Å². The smallest absolute Gasteiger partial charge is 0.120 e. The van der Waals surface area contributed by atoms with E-state index in [1.165, 1.54) is 5.56 Å². The lowest BCUT2D eigenvalue weighted by molar-refractivity contribution is 0.239. The van der Waals surface area contributed by atoms with Gasteiger partial charge < -0.3 is 14.4 Å². The van der Waals surface area contributed by atoms with Gasteiger partial charge in [0.05, 0.1) is 7.11 Å². The molecule has 2 aromatic carbocycles. The molecule has 1 aliphatic heterocycles. The van der Waals surface area contributed by atoms with Crippen LogP contribution in [0.3, 0.4) is 0 Å². The molecule has 0 bridgehead atoms. The summed E-state index contributed by atoms with van der Waals surface area (Å²) in [7, 11) is 3.33. The molecule has 0 aliphatic carbocycles. The summed E-state index contributed by atoms with van der Waals surface area (Å²) in [6.07, 6.45) is 4.24. The number of nitrogens with zero attached hydrogens (tertiary/aromatic N) is 1. The summed E-state index contributed by atoms with van der Waals surface area (Å²) in [4.78, 5) is 2.22. The van der Waals surface area contributed by atoms with Crippen LogP contribution in [0.1, 0.15) is 5.56 Å². The molecule has 2 aromatic rings. The molecule has 1 heterocycles. The van der Waals surface area contributed by atoms with Crippen LogP contribution in [0.5, 0.6) is 5.75 Å². The average molecular weight is 305 g/mol. The topological polar surface area (TPSA) is 21.7 Å². The van der Waals surface area contributed by atoms with E-state index < -0.39 is 0 Å². The minimum Gasteiger partial charge on any atom is -0.497 e. The van der Waals surface area contributed by atoms with Gasteiger partial charge in [-0.2, -0.15) is 0 Å². The van der Waals surface area contributed by atoms with Crippen molar-refractivity contribution in [3.05, 3.63) is 60.2 Å². The van der Waals surface area contributed by atoms with E-state index in [0.717, 1.165) is 17.1 Å². The Hall–Kier alpha value is -2.70. The second-order valence-electron chi connectivity index (χ2n) is 5.19. The molecular weight excluding hydrogens is 286 g/mol. The third-order valence-electron chi connectivity index (χ3n) is 3.73. The highest BCUT2D eigenvalue weighted by Gasteiger charge is 2.22. The Bertz CT molecular complexity index is 770. The van der Waals surface area contributed by atoms with Gasteiger partial charge in [-0.05, 0) is 29.8 Å². The lowest BCUT2D eigenvalue weighted by Crippen LogP contribution is -2.30. The number of ether oxygens (including phenoxy) is 2. The molecule has 3 nitrogen and oxygen atoms in total. The minimum atomic E-state index is -0.0350. The zero-order valence-corrected chi connectivity index (χ0v) is 13.3. The van der Waals surface area contributed by atoms with Gasteiger partial charge in [0.1, 0.15) is 18.4 Å². The Morgan fingerprint density at radius 1 is 1.09 bits per heavy atom. The Labute approximate surface area is 137 Å². The first-order chi connectivity index (χ1) is 11.3. The number of hydrogen-bond donors (Lipinski definition) is 0. The van der Waals surface area contributed by atoms with Gasteiger partial charge >= 0.3 is 0 Å². The standard InChI is InChI=1S/C20H19NO2/c1-22-14-6-9-17-13-12-16-7-3-4-11-20(16)21(17)18-8-5-10-19(15-18)23-2/h3-5,7-8,10-13,15,17H,14H2,1-2H3. The average Bonchev–Trinajstić information content (AvgIpc) is 2.61. The quantitative estimate of drug-likeness (QED) is 0.803. The van der Waals surface area contributed by atoms with Crippen molar-refractivity contribution >= 4 is 17.5 Å². The molecule has 0 N–H and O–H groups in total. The highest BCUT2D eigenvalue weighted by atomic mass is 16.5. The van der Waals surface area contributed by atoms with Crippen LogP contribution in [0.15, 0.2) is 54.6 Å². The normalized spacial score (nSPS) is 15.6. The van der Waals surface area contributed by atoms with Crippen molar-refractivity contribution in [1.29, 1.82) is 0 Å². The molecule has 1 aliphatic rings. The Morgan fingerprint density at radius 3 is 2.78 bits per heavy atom. The summed E-state index contributed by atoms with van der Waals surface area (Å²) in [5.74, 6) is 7.17. The lowest BCUT2D eigenvalue weighted by atomic mass is 10.0. The van der Waals surface area contributed by atoms with Crippen LogP contribution < -0.4 is 9.64 Å². The molecule has 0 radical (unpaired) electrons. The zero-order chi connectivity index (χ0) is 16.1. The third-order valence-corrected chi connectivity index (χ3v) is 3.73. The zero-order valence-electron chi connectivity index (χ0n) is 13.3. The first kappa shape index (κ1) is 15.2. The first-order valence-corrected chi connectivity index (χ1v) is 7.51. The van der Waals surface area contributed by atoms with E-state index in [-0.39, 0.29) is 6.04 Å². The van der Waals surface area contributed by atoms with Crippen LogP contribution in [-0.4, -0.2) is 26.9 Å². The van der Waals surface area contributed by atoms with E-state index in [2.05, 4.69) is 47.1 Å². The maximum atomic E-state index is 5.37. The molecule has 116 valence electrons. The molecule has 0 fully saturated rings. The van der Waals surface area contributed by atoms with E-state index in [4.69, 9.17) is 9.47 Å². The van der Waals surface area contributed by atoms with E-state index in [9.17, 15) is 0 Å². The second-order valence-corrected chi connectivity index (χ2v) is 5.19. The van der Waals surface area contributed by atoms with Crippen molar-refractivity contribution in [2.24, 2.45) is 0 Å². The second kappa shape index (κ2) is 7.04. The maximum absolute atomic E-state index is 5.37. The molecular formula is C20H19NO2. The van der Waals surface area contributed by atoms with Crippen LogP contribution >= 0.6 is 0 Å². The highest BCUT2D eigenvalue weighted by molar-refractivity contribution is 5.80. The van der Waals surface area contributed by atoms with Crippen molar-refractivity contribution in [3.63, 3.8) is 0 Å². The van der Waals surface area contributed by atoms with Crippen LogP contribution in [-0.2, 0) is 4.74 Å². The van der Waals surface area contributed by atoms with Crippen molar-refractivity contribution in [2.75, 3.05) is 25.7 Å². The van der Waals surface area contributed by atoms with Gasteiger partial charge in [-0.15, -0.1) is 0 Å². The summed E-state index contributed by atoms with van der Waals surface area (Å²) < 4.78 is 10.4. The van der Waals surface area contributed by atoms with E-state index in [1.54, 1.807) is 14.2 Å². The first-order valence-electron chi connectivity index (χ1n) is 7.51. The van der Waals surface area contributed by atoms with E-state index in [0.29, 0.717) is 6.61 Å². The fourth-order valence-corrected chi connectivity index (χ4v) is 2.67. The molecule has 0 spiro atoms. The summed E-state index contributed by atoms with van der Waals surface area (Å²) in [5, 5.41) is 0. The number of anilines is 2. The molecule has 3 heteroatoms. The number of methoxy groups -OCH3 is 2. The van der Waals surface area contributed by atoms with Gasteiger partial charge in [-0.1, -0.05) is 42.2 Å². The Kier molecular flexibility index (Phi) is 4.65. The number of rotatable bonds is 3. The SMILES string of the molecule is COCC#CC1C=Cc2ccccc2N1c1cccc(OC)c1. The Balaban J connectivity index is 2.06. The summed E-state index contributed by atoms with van der Waals surface area (Å²) >= 11 is 0. The van der Waals surface area contributed by atoms with E-state index >= 15 is 0 Å². The molecule has 3 rings (SSSR count). The molecule has 1 atom stereocenters. The molecule has 0 aromatic heterocycles. The molecule has 0 saturated heterocycles. The number of para-hydroxylation sites is 1. The van der Waals surface area contributed by atoms with Gasteiger partial charge in [0.25, 0.3) is 0 Å². The van der Waals surface area contributed by atoms with E-state index in [1.807, 2.05) is 30.3 Å². The van der Waals surface area contributed by atoms with Crippen molar-refractivity contribution in [1.82, 2.24) is 0 Å². The van der Waals surface area contributed by atoms with Gasteiger partial charge in [-0.25, -0.2) is 0 Å². The highest BCUT2D eigenvalue weighted by Crippen LogP contribution is 2.36. The predicted octanol–water partition coefficient (Wildman–Crippen LogP) is 3.88. The predicted molar refractivity (Wildman–Crippen MR) is 94.0 cm³/mol. The van der Waals surface area contributed by atoms with Gasteiger partial charge in [0.15, 0.2) is 0 Å². The fraction of sp³-hybridized carbons (Fsp3) is 0.200. The molecule has 1 unspecified atom stereocenters. The van der Waals surface area contributed by atoms with Crippen molar-refractivity contribution in [2.45, 2.75) is 6.04 Å². The van der Waals surface area contributed by atoms with Gasteiger partial charge in [0.2, 0.25) is 0 Å². The summed E-state index contributed by atoms with van der Waals surface area (Å²) in [5.41, 5.74) is 3.37. The van der Waals surface area contributed by atoms with Gasteiger partial charge in [0, 0.05) is 24.6 Å². The summed E-state index contributed by atoms with van der Waals surface area (Å²) in [6, 6.07) is 16.3. The molecule has 0 amide bonds. The maximum Gasteiger partial charge on any atom is 0.120 e. The number of hydrogen-bond acceptors (Lipinski definition) is 3. The largest absolute Gasteiger partial charge is 0.497 e. The van der Waals surface area contributed by atoms with Crippen LogP contribution in [0.2, 0.25) is 0 Å². The third kappa shape index (κ3) is 3.23. The van der Waals surface area contributed by atoms with Crippen LogP contribution in [0.4, 0.5) is 11.4 Å². The summed E-state index contributed by atoms with van der Waals surface area (Å²) in [6.45, 7) is 0.429. The lowest BCUT2D eigenvalue weighted by Gasteiger charge is -2.33. The molecule has 0 saturated carbocycles. The van der Waals surface area contributed by atoms with Crippen LogP contribution in [0, 0.1) is 11.8 Å². The van der Waals surface area contributed by atoms with Crippen molar-refractivity contribution < 1.29 is 9.47 Å². The monoisotopic (exact) mass is 305 g/mol. The minimum absolute atomic E-state index is 0.0350.